The van der Waals surface area contributed by atoms with E-state index in [9.17, 15) is 9.59 Å². The molecular formula is C18H21N3O3. The number of nitrogens with zero attached hydrogens (tertiary/aromatic N) is 3. The molecular weight excluding hydrogens is 306 g/mol. The normalized spacial score (nSPS) is 12.0. The van der Waals surface area contributed by atoms with Gasteiger partial charge in [0.2, 0.25) is 0 Å². The molecule has 126 valence electrons. The molecule has 6 heteroatoms. The molecule has 2 aromatic rings. The zero-order valence-electron chi connectivity index (χ0n) is 14.0. The highest BCUT2D eigenvalue weighted by molar-refractivity contribution is 5.92. The lowest BCUT2D eigenvalue weighted by molar-refractivity contribution is 0.0621. The Morgan fingerprint density at radius 2 is 1.96 bits per heavy atom. The van der Waals surface area contributed by atoms with E-state index in [1.54, 1.807) is 17.0 Å². The molecule has 1 unspecified atom stereocenters. The van der Waals surface area contributed by atoms with Gasteiger partial charge in [-0.15, -0.1) is 0 Å². The van der Waals surface area contributed by atoms with Crippen molar-refractivity contribution in [3.05, 3.63) is 59.7 Å². The molecule has 24 heavy (non-hydrogen) atoms. The van der Waals surface area contributed by atoms with Crippen LogP contribution < -0.4 is 0 Å². The number of carbonyl (C=O) groups is 2. The maximum atomic E-state index is 12.8. The van der Waals surface area contributed by atoms with Crippen LogP contribution >= 0.6 is 0 Å². The first-order valence-corrected chi connectivity index (χ1v) is 7.79. The van der Waals surface area contributed by atoms with Gasteiger partial charge in [-0.1, -0.05) is 26.0 Å². The van der Waals surface area contributed by atoms with Crippen LogP contribution in [-0.4, -0.2) is 37.9 Å². The molecule has 0 fully saturated rings. The Balaban J connectivity index is 2.32. The molecule has 0 radical (unpaired) electrons. The van der Waals surface area contributed by atoms with E-state index in [1.807, 2.05) is 26.8 Å². The van der Waals surface area contributed by atoms with Crippen molar-refractivity contribution in [2.45, 2.75) is 33.4 Å². The number of rotatable bonds is 6. The topological polar surface area (TPSA) is 83.4 Å². The second-order valence-electron chi connectivity index (χ2n) is 6.01. The Morgan fingerprint density at radius 3 is 2.54 bits per heavy atom. The molecule has 0 saturated carbocycles. The number of carboxylic acid groups (broad SMARTS) is 1. The van der Waals surface area contributed by atoms with Crippen molar-refractivity contribution in [2.75, 3.05) is 0 Å². The Labute approximate surface area is 141 Å². The molecule has 1 aromatic carbocycles. The minimum absolute atomic E-state index is 0.0343. The number of amides is 1. The van der Waals surface area contributed by atoms with Crippen LogP contribution in [0.15, 0.2) is 42.9 Å². The molecule has 0 bridgehead atoms. The van der Waals surface area contributed by atoms with Gasteiger partial charge in [0, 0.05) is 25.0 Å². The summed E-state index contributed by atoms with van der Waals surface area (Å²) in [6, 6.07) is 6.59. The lowest BCUT2D eigenvalue weighted by Gasteiger charge is -2.31. The maximum absolute atomic E-state index is 12.8. The lowest BCUT2D eigenvalue weighted by atomic mass is 10.0. The summed E-state index contributed by atoms with van der Waals surface area (Å²) >= 11 is 0. The van der Waals surface area contributed by atoms with Crippen molar-refractivity contribution in [3.8, 4) is 0 Å². The minimum atomic E-state index is -0.986. The van der Waals surface area contributed by atoms with E-state index in [4.69, 9.17) is 5.11 Å². The highest BCUT2D eigenvalue weighted by Gasteiger charge is 2.25. The fraction of sp³-hybridized carbons (Fsp3) is 0.333. The molecule has 0 saturated heterocycles. The van der Waals surface area contributed by atoms with E-state index in [-0.39, 0.29) is 29.1 Å². The average Bonchev–Trinajstić information content (AvgIpc) is 2.59. The fourth-order valence-electron chi connectivity index (χ4n) is 2.32. The van der Waals surface area contributed by atoms with Gasteiger partial charge < -0.3 is 10.0 Å². The Morgan fingerprint density at radius 1 is 1.21 bits per heavy atom. The van der Waals surface area contributed by atoms with Crippen LogP contribution in [0, 0.1) is 5.92 Å². The van der Waals surface area contributed by atoms with Crippen LogP contribution in [0.4, 0.5) is 0 Å². The summed E-state index contributed by atoms with van der Waals surface area (Å²) in [4.78, 5) is 33.7. The largest absolute Gasteiger partial charge is 0.478 e. The van der Waals surface area contributed by atoms with Gasteiger partial charge in [-0.25, -0.2) is 9.78 Å². The number of aromatic carboxylic acids is 1. The number of benzene rings is 1. The summed E-state index contributed by atoms with van der Waals surface area (Å²) in [6.07, 6.45) is 4.44. The van der Waals surface area contributed by atoms with Gasteiger partial charge in [-0.2, -0.15) is 0 Å². The van der Waals surface area contributed by atoms with E-state index in [1.165, 1.54) is 24.7 Å². The lowest BCUT2D eigenvalue weighted by Crippen LogP contribution is -2.41. The van der Waals surface area contributed by atoms with Crippen molar-refractivity contribution < 1.29 is 14.7 Å². The third-order valence-corrected chi connectivity index (χ3v) is 4.03. The van der Waals surface area contributed by atoms with Gasteiger partial charge >= 0.3 is 5.97 Å². The fourth-order valence-corrected chi connectivity index (χ4v) is 2.32. The highest BCUT2D eigenvalue weighted by Crippen LogP contribution is 2.18. The SMILES string of the molecule is CC(C)C(C)N(Cc1cccc(C(=O)O)c1)C(=O)c1cnccn1. The molecule has 1 heterocycles. The summed E-state index contributed by atoms with van der Waals surface area (Å²) in [6.45, 7) is 6.36. The molecule has 0 spiro atoms. The van der Waals surface area contributed by atoms with Gasteiger partial charge in [0.25, 0.3) is 5.91 Å². The van der Waals surface area contributed by atoms with Gasteiger partial charge in [-0.05, 0) is 30.5 Å². The second-order valence-corrected chi connectivity index (χ2v) is 6.01. The first kappa shape index (κ1) is 17.6. The molecule has 0 aliphatic carbocycles. The highest BCUT2D eigenvalue weighted by atomic mass is 16.4. The standard InChI is InChI=1S/C18H21N3O3/c1-12(2)13(3)21(17(22)16-10-19-7-8-20-16)11-14-5-4-6-15(9-14)18(23)24/h4-10,12-13H,11H2,1-3H3,(H,23,24). The van der Waals surface area contributed by atoms with E-state index < -0.39 is 5.97 Å². The smallest absolute Gasteiger partial charge is 0.335 e. The predicted octanol–water partition coefficient (Wildman–Crippen LogP) is 2.86. The third-order valence-electron chi connectivity index (χ3n) is 4.03. The van der Waals surface area contributed by atoms with E-state index in [2.05, 4.69) is 9.97 Å². The second kappa shape index (κ2) is 7.68. The zero-order valence-corrected chi connectivity index (χ0v) is 14.0. The maximum Gasteiger partial charge on any atom is 0.335 e. The van der Waals surface area contributed by atoms with Crippen LogP contribution in [0.5, 0.6) is 0 Å². The minimum Gasteiger partial charge on any atom is -0.478 e. The Bertz CT molecular complexity index is 716. The number of hydrogen-bond acceptors (Lipinski definition) is 4. The summed E-state index contributed by atoms with van der Waals surface area (Å²) in [5.74, 6) is -0.959. The van der Waals surface area contributed by atoms with Crippen LogP contribution in [0.25, 0.3) is 0 Å². The number of hydrogen-bond donors (Lipinski definition) is 1. The quantitative estimate of drug-likeness (QED) is 0.882. The molecule has 0 aliphatic heterocycles. The number of aromatic nitrogens is 2. The summed E-state index contributed by atoms with van der Waals surface area (Å²) in [5, 5.41) is 9.13. The first-order chi connectivity index (χ1) is 11.4. The molecule has 6 nitrogen and oxygen atoms in total. The van der Waals surface area contributed by atoms with Crippen molar-refractivity contribution in [3.63, 3.8) is 0 Å². The molecule has 1 atom stereocenters. The van der Waals surface area contributed by atoms with Crippen molar-refractivity contribution >= 4 is 11.9 Å². The Hall–Kier alpha value is -2.76. The molecule has 1 amide bonds. The van der Waals surface area contributed by atoms with E-state index in [0.717, 1.165) is 5.56 Å². The van der Waals surface area contributed by atoms with Gasteiger partial charge in [0.15, 0.2) is 0 Å². The zero-order chi connectivity index (χ0) is 17.7. The molecule has 1 N–H and O–H groups in total. The van der Waals surface area contributed by atoms with Crippen LogP contribution in [0.3, 0.4) is 0 Å². The van der Waals surface area contributed by atoms with Gasteiger partial charge in [0.05, 0.1) is 11.8 Å². The Kier molecular flexibility index (Phi) is 5.63. The monoisotopic (exact) mass is 327 g/mol. The van der Waals surface area contributed by atoms with Crippen LogP contribution in [0.2, 0.25) is 0 Å². The predicted molar refractivity (Wildman–Crippen MR) is 89.6 cm³/mol. The van der Waals surface area contributed by atoms with E-state index in [0.29, 0.717) is 6.54 Å². The van der Waals surface area contributed by atoms with E-state index >= 15 is 0 Å². The third kappa shape index (κ3) is 4.16. The average molecular weight is 327 g/mol. The van der Waals surface area contributed by atoms with Crippen LogP contribution in [0.1, 0.15) is 47.2 Å². The van der Waals surface area contributed by atoms with Gasteiger partial charge in [-0.3, -0.25) is 9.78 Å². The first-order valence-electron chi connectivity index (χ1n) is 7.79. The summed E-state index contributed by atoms with van der Waals surface area (Å²) in [5.41, 5.74) is 1.25. The molecule has 0 aliphatic rings. The van der Waals surface area contributed by atoms with Crippen molar-refractivity contribution in [2.24, 2.45) is 5.92 Å². The summed E-state index contributed by atoms with van der Waals surface area (Å²) in [7, 11) is 0. The van der Waals surface area contributed by atoms with Crippen molar-refractivity contribution in [1.82, 2.24) is 14.9 Å². The summed E-state index contributed by atoms with van der Waals surface area (Å²) < 4.78 is 0. The van der Waals surface area contributed by atoms with Crippen LogP contribution in [-0.2, 0) is 6.54 Å². The number of carbonyl (C=O) groups excluding carboxylic acids is 1. The molecule has 1 aromatic heterocycles. The van der Waals surface area contributed by atoms with Crippen molar-refractivity contribution in [1.29, 1.82) is 0 Å². The number of carboxylic acids is 1. The molecule has 2 rings (SSSR count). The van der Waals surface area contributed by atoms with Gasteiger partial charge in [0.1, 0.15) is 5.69 Å².